The molecule has 2 atom stereocenters. The van der Waals surface area contributed by atoms with Gasteiger partial charge in [-0.05, 0) is 163 Å². The van der Waals surface area contributed by atoms with Crippen molar-refractivity contribution in [1.29, 1.82) is 0 Å². The van der Waals surface area contributed by atoms with Gasteiger partial charge in [0.05, 0.1) is 98.7 Å². The number of anilines is 4. The van der Waals surface area contributed by atoms with Crippen LogP contribution in [-0.4, -0.2) is 173 Å². The molecule has 2 aliphatic heterocycles. The molecular formula is C76H90F4N20O13. The first-order valence-electron chi connectivity index (χ1n) is 35.7. The van der Waals surface area contributed by atoms with E-state index in [0.717, 1.165) is 46.7 Å². The third-order valence-electron chi connectivity index (χ3n) is 17.4. The molecule has 2 unspecified atom stereocenters. The number of aromatic nitrogens is 14. The molecule has 113 heavy (non-hydrogen) atoms. The lowest BCUT2D eigenvalue weighted by Gasteiger charge is -2.44. The highest BCUT2D eigenvalue weighted by Gasteiger charge is 2.44. The van der Waals surface area contributed by atoms with Crippen molar-refractivity contribution in [2.24, 2.45) is 14.1 Å². The largest absolute Gasteiger partial charge is 0.453 e. The topological polar surface area (TPSA) is 375 Å². The van der Waals surface area contributed by atoms with Gasteiger partial charge in [0.25, 0.3) is 0 Å². The predicted molar refractivity (Wildman–Crippen MR) is 405 cm³/mol. The maximum absolute atomic E-state index is 14.4. The first kappa shape index (κ1) is 83.0. The normalized spacial score (nSPS) is 15.9. The molecule has 6 amide bonds. The van der Waals surface area contributed by atoms with Crippen LogP contribution in [0.2, 0.25) is 0 Å². The van der Waals surface area contributed by atoms with Crippen molar-refractivity contribution in [3.8, 4) is 22.5 Å². The summed E-state index contributed by atoms with van der Waals surface area (Å²) >= 11 is 0. The van der Waals surface area contributed by atoms with Gasteiger partial charge in [0.2, 0.25) is 0 Å². The number of carbonyl (C=O) groups is 6. The number of benzene rings is 2. The number of carbonyl (C=O) groups excluding carboxylic acids is 6. The van der Waals surface area contributed by atoms with Gasteiger partial charge in [-0.15, -0.1) is 0 Å². The molecule has 33 nitrogen and oxygen atoms in total. The van der Waals surface area contributed by atoms with E-state index in [9.17, 15) is 51.4 Å². The molecule has 8 aromatic heterocycles. The SMILES string of the molecule is CC(C)(C)OC(=O)N(C(=O)OC(C)(C)C)c1ncnc2nc[nH]c12.COC(=O)NC1(c2cnn(C)c2)CCCN(c2cnc(-c3ccc(F)c(F)c3)cc2CO)C1.COC(=O)NC1(c2cnn(C)c2)CCCN(c2cnc(-c3ccc(F)c(F)c3)cc2Cn2cnc3c(N(C(=O)OC(C)(C)C)C(=O)OC(C)(C)C)ncnc32)C1. The molecule has 4 N–H and O–H groups in total. The highest BCUT2D eigenvalue weighted by molar-refractivity contribution is 6.13. The third-order valence-corrected chi connectivity index (χ3v) is 17.4. The Morgan fingerprint density at radius 2 is 0.973 bits per heavy atom. The van der Waals surface area contributed by atoms with E-state index in [4.69, 9.17) is 28.4 Å². The number of hydrogen-bond donors (Lipinski definition) is 4. The molecule has 0 bridgehead atoms. The van der Waals surface area contributed by atoms with Crippen molar-refractivity contribution >= 4 is 81.9 Å². The molecule has 2 aromatic carbocycles. The minimum atomic E-state index is -1.02. The Morgan fingerprint density at radius 1 is 0.540 bits per heavy atom. The number of piperidine rings is 2. The van der Waals surface area contributed by atoms with E-state index in [1.54, 1.807) is 148 Å². The van der Waals surface area contributed by atoms with Crippen LogP contribution in [0.1, 0.15) is 131 Å². The fourth-order valence-electron chi connectivity index (χ4n) is 12.6. The molecule has 2 fully saturated rings. The Kier molecular flexibility index (Phi) is 24.7. The van der Waals surface area contributed by atoms with Crippen molar-refractivity contribution in [1.82, 2.24) is 79.6 Å². The molecule has 0 radical (unpaired) electrons. The molecule has 0 aliphatic carbocycles. The Labute approximate surface area is 647 Å². The first-order chi connectivity index (χ1) is 53.2. The number of aryl methyl sites for hydroxylation is 2. The molecule has 2 aliphatic rings. The van der Waals surface area contributed by atoms with E-state index < -0.39 is 93.3 Å². The molecule has 37 heteroatoms. The summed E-state index contributed by atoms with van der Waals surface area (Å²) in [7, 11) is 6.22. The summed E-state index contributed by atoms with van der Waals surface area (Å²) in [5, 5.41) is 24.7. The van der Waals surface area contributed by atoms with Gasteiger partial charge in [-0.3, -0.25) is 19.3 Å². The number of aliphatic hydroxyl groups is 1. The Morgan fingerprint density at radius 3 is 1.40 bits per heavy atom. The number of pyridine rings is 2. The Bertz CT molecular complexity index is 5090. The highest BCUT2D eigenvalue weighted by atomic mass is 19.2. The fourth-order valence-corrected chi connectivity index (χ4v) is 12.6. The number of amides is 6. The highest BCUT2D eigenvalue weighted by Crippen LogP contribution is 2.40. The minimum Gasteiger partial charge on any atom is -0.453 e. The van der Waals surface area contributed by atoms with Gasteiger partial charge >= 0.3 is 36.6 Å². The van der Waals surface area contributed by atoms with Crippen molar-refractivity contribution in [3.05, 3.63) is 157 Å². The lowest BCUT2D eigenvalue weighted by molar-refractivity contribution is 0.0407. The molecule has 10 aromatic rings. The van der Waals surface area contributed by atoms with Crippen molar-refractivity contribution in [2.45, 2.75) is 155 Å². The zero-order valence-corrected chi connectivity index (χ0v) is 65.4. The van der Waals surface area contributed by atoms with Crippen molar-refractivity contribution in [3.63, 3.8) is 0 Å². The van der Waals surface area contributed by atoms with Crippen LogP contribution < -0.4 is 30.2 Å². The monoisotopic (exact) mass is 1570 g/mol. The number of hydrogen-bond acceptors (Lipinski definition) is 25. The molecule has 600 valence electrons. The number of H-pyrrole nitrogens is 1. The first-order valence-corrected chi connectivity index (χ1v) is 35.7. The van der Waals surface area contributed by atoms with Crippen LogP contribution in [-0.2, 0) is 66.7 Å². The van der Waals surface area contributed by atoms with E-state index in [0.29, 0.717) is 107 Å². The molecular weight excluding hydrogens is 1480 g/mol. The second kappa shape index (κ2) is 33.6. The standard InChI is InChI=1S/C38H44F2N10O6.C23H25F2N5O3.C15H21N5O4/c1-36(2,3)55-34(52)50(35(53)56-37(4,5)6)32-30-31(42-21-43-32)49(22-44-30)18-24-15-28(23-10-11-26(39)27(40)14-23)41-17-29(24)48-13-9-12-38(20-48,46-33(51)54-8)25-16-45-47(7)19-25;1-29-12-17(10-27-29)23(28-22(32)33-2)6-3-7-30(14-23)21-11-26-20(9-16(21)13-31)15-4-5-18(24)19(25)8-15;1-14(2,3)23-12(21)20(13(22)24-15(4,5)6)11-9-10(17-7-16-9)18-8-19-11/h10-11,14-17,19,21-22H,9,12-13,18,20H2,1-8H3,(H,46,51);4-5,8-12,31H,3,6-7,13-14H2,1-2H3,(H,28,32);7-8H,1-6H3,(H,16,17,18,19). The van der Waals surface area contributed by atoms with E-state index in [2.05, 4.69) is 70.6 Å². The van der Waals surface area contributed by atoms with E-state index in [-0.39, 0.29) is 36.0 Å². The van der Waals surface area contributed by atoms with Crippen LogP contribution >= 0.6 is 0 Å². The number of halogens is 4. The van der Waals surface area contributed by atoms with Crippen molar-refractivity contribution < 1.29 is 79.9 Å². The smallest absolute Gasteiger partial charge is 0.425 e. The number of imidazole rings is 2. The lowest BCUT2D eigenvalue weighted by atomic mass is 9.83. The third kappa shape index (κ3) is 20.2. The van der Waals surface area contributed by atoms with Gasteiger partial charge in [-0.1, -0.05) is 0 Å². The average Bonchev–Trinajstić information content (AvgIpc) is 1.34. The summed E-state index contributed by atoms with van der Waals surface area (Å²) in [6.45, 7) is 22.0. The number of methoxy groups -OCH3 is 2. The van der Waals surface area contributed by atoms with Crippen molar-refractivity contribution in [2.75, 3.05) is 60.0 Å². The van der Waals surface area contributed by atoms with Gasteiger partial charge in [-0.2, -0.15) is 20.0 Å². The number of imide groups is 2. The second-order valence-electron chi connectivity index (χ2n) is 30.7. The van der Waals surface area contributed by atoms with E-state index >= 15 is 0 Å². The Balaban J connectivity index is 0.000000200. The van der Waals surface area contributed by atoms with Gasteiger partial charge < -0.3 is 63.5 Å². The quantitative estimate of drug-likeness (QED) is 0.0615. The number of ether oxygens (including phenoxy) is 6. The number of aliphatic hydroxyl groups excluding tert-OH is 1. The summed E-state index contributed by atoms with van der Waals surface area (Å²) < 4.78 is 92.0. The number of nitrogens with zero attached hydrogens (tertiary/aromatic N) is 17. The van der Waals surface area contributed by atoms with E-state index in [1.807, 2.05) is 17.3 Å². The maximum Gasteiger partial charge on any atom is 0.425 e. The average molecular weight is 1570 g/mol. The van der Waals surface area contributed by atoms with Gasteiger partial charge in [-0.25, -0.2) is 76.2 Å². The van der Waals surface area contributed by atoms with Crippen LogP contribution in [0, 0.1) is 23.3 Å². The lowest BCUT2D eigenvalue weighted by Crippen LogP contribution is -2.56. The van der Waals surface area contributed by atoms with Crippen LogP contribution in [0.15, 0.2) is 111 Å². The summed E-state index contributed by atoms with van der Waals surface area (Å²) in [6, 6.07) is 10.5. The summed E-state index contributed by atoms with van der Waals surface area (Å²) in [5.41, 5.74) is 1.70. The molecule has 10 heterocycles. The molecule has 2 saturated heterocycles. The number of nitrogens with one attached hydrogen (secondary N) is 3. The molecule has 0 spiro atoms. The number of fused-ring (bicyclic) bond motifs is 2. The number of aromatic amines is 1. The predicted octanol–water partition coefficient (Wildman–Crippen LogP) is 12.6. The summed E-state index contributed by atoms with van der Waals surface area (Å²) in [5.74, 6) is -4.05. The maximum atomic E-state index is 14.4. The van der Waals surface area contributed by atoms with Gasteiger partial charge in [0, 0.05) is 80.5 Å². The zero-order chi connectivity index (χ0) is 82.3. The van der Waals surface area contributed by atoms with Crippen LogP contribution in [0.3, 0.4) is 0 Å². The fraction of sp³-hybridized carbons (Fsp3) is 0.421. The number of rotatable bonds is 13. The Hall–Kier alpha value is -12.4. The zero-order valence-electron chi connectivity index (χ0n) is 65.4. The number of alkyl carbamates (subject to hydrolysis) is 2. The van der Waals surface area contributed by atoms with E-state index in [1.165, 1.54) is 51.7 Å². The molecule has 12 rings (SSSR count). The van der Waals surface area contributed by atoms with Gasteiger partial charge in [0.15, 0.2) is 51.7 Å². The van der Waals surface area contributed by atoms with Crippen LogP contribution in [0.4, 0.5) is 69.3 Å². The second-order valence-corrected chi connectivity index (χ2v) is 30.7. The minimum absolute atomic E-state index is 0.0148. The molecule has 0 saturated carbocycles. The van der Waals surface area contributed by atoms with Gasteiger partial charge in [0.1, 0.15) is 40.6 Å². The van der Waals surface area contributed by atoms with Crippen LogP contribution in [0.25, 0.3) is 44.8 Å². The summed E-state index contributed by atoms with van der Waals surface area (Å²) in [4.78, 5) is 120. The summed E-state index contributed by atoms with van der Waals surface area (Å²) in [6.07, 6.45) is 13.4. The van der Waals surface area contributed by atoms with Crippen LogP contribution in [0.5, 0.6) is 0 Å².